The molecule has 2 rings (SSSR count). The number of nitrogens with zero attached hydrogens (tertiary/aromatic N) is 3. The first-order valence-electron chi connectivity index (χ1n) is 5.19. The van der Waals surface area contributed by atoms with E-state index in [1.54, 1.807) is 12.4 Å². The highest BCUT2D eigenvalue weighted by atomic mass is 35.5. The number of likely N-dealkylation sites (tertiary alicyclic amines) is 1. The Morgan fingerprint density at radius 1 is 1.47 bits per heavy atom. The molecule has 0 saturated carbocycles. The molecule has 0 unspecified atom stereocenters. The maximum Gasteiger partial charge on any atom is 0.151 e. The Bertz CT molecular complexity index is 331. The Balaban J connectivity index is 1.99. The lowest BCUT2D eigenvalue weighted by Gasteiger charge is -2.30. The average molecular weight is 227 g/mol. The number of halogens is 1. The molecule has 1 saturated heterocycles. The van der Waals surface area contributed by atoms with Gasteiger partial charge in [-0.05, 0) is 19.4 Å². The molecule has 15 heavy (non-hydrogen) atoms. The van der Waals surface area contributed by atoms with E-state index in [1.165, 1.54) is 0 Å². The fourth-order valence-electron chi connectivity index (χ4n) is 1.90. The van der Waals surface area contributed by atoms with Crippen LogP contribution in [0.1, 0.15) is 18.5 Å². The summed E-state index contributed by atoms with van der Waals surface area (Å²) in [4.78, 5) is 10.5. The summed E-state index contributed by atoms with van der Waals surface area (Å²) in [5.74, 6) is 0. The van der Waals surface area contributed by atoms with Crippen LogP contribution in [0.3, 0.4) is 0 Å². The lowest BCUT2D eigenvalue weighted by Crippen LogP contribution is -2.42. The average Bonchev–Trinajstić information content (AvgIpc) is 2.22. The number of piperidine rings is 1. The van der Waals surface area contributed by atoms with E-state index in [9.17, 15) is 0 Å². The van der Waals surface area contributed by atoms with Gasteiger partial charge in [0.2, 0.25) is 0 Å². The molecular weight excluding hydrogens is 212 g/mol. The van der Waals surface area contributed by atoms with Crippen LogP contribution in [0.5, 0.6) is 0 Å². The number of hydrogen-bond donors (Lipinski definition) is 1. The lowest BCUT2D eigenvalue weighted by molar-refractivity contribution is 0.199. The van der Waals surface area contributed by atoms with Crippen molar-refractivity contribution in [2.24, 2.45) is 5.73 Å². The summed E-state index contributed by atoms with van der Waals surface area (Å²) in [5.41, 5.74) is 6.75. The summed E-state index contributed by atoms with van der Waals surface area (Å²) in [6.45, 7) is 2.74. The van der Waals surface area contributed by atoms with Crippen LogP contribution in [0.2, 0.25) is 5.15 Å². The SMILES string of the molecule is N[C@@H]1CCCN(Cc2nccnc2Cl)C1. The molecule has 0 bridgehead atoms. The zero-order valence-corrected chi connectivity index (χ0v) is 9.32. The van der Waals surface area contributed by atoms with Crippen LogP contribution >= 0.6 is 11.6 Å². The van der Waals surface area contributed by atoms with Gasteiger partial charge in [0.1, 0.15) is 0 Å². The third kappa shape index (κ3) is 2.87. The fourth-order valence-corrected chi connectivity index (χ4v) is 2.07. The van der Waals surface area contributed by atoms with Gasteiger partial charge in [0.25, 0.3) is 0 Å². The first kappa shape index (κ1) is 10.8. The van der Waals surface area contributed by atoms with Gasteiger partial charge in [-0.15, -0.1) is 0 Å². The van der Waals surface area contributed by atoms with Gasteiger partial charge in [0.15, 0.2) is 5.15 Å². The zero-order chi connectivity index (χ0) is 10.7. The van der Waals surface area contributed by atoms with Crippen LogP contribution in [-0.4, -0.2) is 34.0 Å². The van der Waals surface area contributed by atoms with Crippen molar-refractivity contribution in [3.05, 3.63) is 23.2 Å². The minimum absolute atomic E-state index is 0.286. The van der Waals surface area contributed by atoms with E-state index >= 15 is 0 Å². The third-order valence-corrected chi connectivity index (χ3v) is 2.95. The number of rotatable bonds is 2. The van der Waals surface area contributed by atoms with Crippen LogP contribution in [-0.2, 0) is 6.54 Å². The van der Waals surface area contributed by atoms with Gasteiger partial charge in [-0.2, -0.15) is 0 Å². The minimum Gasteiger partial charge on any atom is -0.327 e. The second-order valence-electron chi connectivity index (χ2n) is 3.93. The molecule has 5 heteroatoms. The molecule has 2 heterocycles. The standard InChI is InChI=1S/C10H15ClN4/c11-10-9(13-3-4-14-10)7-15-5-1-2-8(12)6-15/h3-4,8H,1-2,5-7,12H2/t8-/m1/s1. The predicted molar refractivity (Wildman–Crippen MR) is 59.5 cm³/mol. The van der Waals surface area contributed by atoms with Crippen LogP contribution in [0.15, 0.2) is 12.4 Å². The van der Waals surface area contributed by atoms with E-state index in [0.29, 0.717) is 5.15 Å². The van der Waals surface area contributed by atoms with Gasteiger partial charge in [0, 0.05) is 31.5 Å². The van der Waals surface area contributed by atoms with Crippen molar-refractivity contribution in [1.29, 1.82) is 0 Å². The molecule has 2 N–H and O–H groups in total. The second-order valence-corrected chi connectivity index (χ2v) is 4.29. The number of aromatic nitrogens is 2. The van der Waals surface area contributed by atoms with E-state index in [2.05, 4.69) is 14.9 Å². The number of nitrogens with two attached hydrogens (primary N) is 1. The summed E-state index contributed by atoms with van der Waals surface area (Å²) in [7, 11) is 0. The van der Waals surface area contributed by atoms with Crippen LogP contribution < -0.4 is 5.73 Å². The molecule has 0 aromatic carbocycles. The van der Waals surface area contributed by atoms with Crippen LogP contribution in [0.4, 0.5) is 0 Å². The summed E-state index contributed by atoms with van der Waals surface area (Å²) in [5, 5.41) is 0.497. The van der Waals surface area contributed by atoms with E-state index in [0.717, 1.165) is 38.2 Å². The van der Waals surface area contributed by atoms with Gasteiger partial charge in [-0.1, -0.05) is 11.6 Å². The zero-order valence-electron chi connectivity index (χ0n) is 8.56. The van der Waals surface area contributed by atoms with E-state index in [1.807, 2.05) is 0 Å². The van der Waals surface area contributed by atoms with E-state index in [-0.39, 0.29) is 6.04 Å². The summed E-state index contributed by atoms with van der Waals surface area (Å²) < 4.78 is 0. The highest BCUT2D eigenvalue weighted by Gasteiger charge is 2.17. The van der Waals surface area contributed by atoms with Crippen molar-refractivity contribution < 1.29 is 0 Å². The Morgan fingerprint density at radius 2 is 2.27 bits per heavy atom. The summed E-state index contributed by atoms with van der Waals surface area (Å²) in [6.07, 6.45) is 5.54. The summed E-state index contributed by atoms with van der Waals surface area (Å²) in [6, 6.07) is 0.286. The highest BCUT2D eigenvalue weighted by molar-refractivity contribution is 6.29. The van der Waals surface area contributed by atoms with Crippen molar-refractivity contribution in [2.45, 2.75) is 25.4 Å². The van der Waals surface area contributed by atoms with Crippen molar-refractivity contribution in [1.82, 2.24) is 14.9 Å². The van der Waals surface area contributed by atoms with E-state index in [4.69, 9.17) is 17.3 Å². The number of hydrogen-bond acceptors (Lipinski definition) is 4. The third-order valence-electron chi connectivity index (χ3n) is 2.64. The monoisotopic (exact) mass is 226 g/mol. The lowest BCUT2D eigenvalue weighted by atomic mass is 10.1. The smallest absolute Gasteiger partial charge is 0.151 e. The molecule has 1 aromatic heterocycles. The maximum absolute atomic E-state index is 5.95. The Morgan fingerprint density at radius 3 is 3.00 bits per heavy atom. The Labute approximate surface area is 94.5 Å². The van der Waals surface area contributed by atoms with Crippen LogP contribution in [0.25, 0.3) is 0 Å². The molecule has 0 amide bonds. The Hall–Kier alpha value is -0.710. The fraction of sp³-hybridized carbons (Fsp3) is 0.600. The molecular formula is C10H15ClN4. The van der Waals surface area contributed by atoms with Crippen molar-refractivity contribution in [3.63, 3.8) is 0 Å². The molecule has 0 aliphatic carbocycles. The van der Waals surface area contributed by atoms with Gasteiger partial charge in [-0.25, -0.2) is 4.98 Å². The molecule has 1 atom stereocenters. The first-order valence-corrected chi connectivity index (χ1v) is 5.57. The normalized spacial score (nSPS) is 22.9. The predicted octanol–water partition coefficient (Wildman–Crippen LogP) is 1.05. The molecule has 82 valence electrons. The molecule has 4 nitrogen and oxygen atoms in total. The minimum atomic E-state index is 0.286. The van der Waals surface area contributed by atoms with Crippen molar-refractivity contribution in [3.8, 4) is 0 Å². The van der Waals surface area contributed by atoms with Crippen molar-refractivity contribution >= 4 is 11.6 Å². The second kappa shape index (κ2) is 4.88. The quantitative estimate of drug-likeness (QED) is 0.819. The van der Waals surface area contributed by atoms with Gasteiger partial charge in [0.05, 0.1) is 5.69 Å². The molecule has 0 radical (unpaired) electrons. The molecule has 1 aliphatic heterocycles. The molecule has 1 aromatic rings. The largest absolute Gasteiger partial charge is 0.327 e. The van der Waals surface area contributed by atoms with Gasteiger partial charge >= 0.3 is 0 Å². The van der Waals surface area contributed by atoms with Crippen LogP contribution in [0, 0.1) is 0 Å². The molecule has 1 fully saturated rings. The summed E-state index contributed by atoms with van der Waals surface area (Å²) >= 11 is 5.95. The topological polar surface area (TPSA) is 55.0 Å². The molecule has 1 aliphatic rings. The van der Waals surface area contributed by atoms with Crippen molar-refractivity contribution in [2.75, 3.05) is 13.1 Å². The first-order chi connectivity index (χ1) is 7.25. The van der Waals surface area contributed by atoms with Gasteiger partial charge < -0.3 is 5.73 Å². The van der Waals surface area contributed by atoms with Gasteiger partial charge in [-0.3, -0.25) is 9.88 Å². The highest BCUT2D eigenvalue weighted by Crippen LogP contribution is 2.15. The Kier molecular flexibility index (Phi) is 3.51. The molecule has 0 spiro atoms. The maximum atomic E-state index is 5.95. The van der Waals surface area contributed by atoms with E-state index < -0.39 is 0 Å².